The maximum atomic E-state index is 11.6. The van der Waals surface area contributed by atoms with Crippen LogP contribution in [0.2, 0.25) is 0 Å². The summed E-state index contributed by atoms with van der Waals surface area (Å²) in [6.07, 6.45) is 1.68. The summed E-state index contributed by atoms with van der Waals surface area (Å²) in [5.41, 5.74) is 0. The van der Waals surface area contributed by atoms with Crippen molar-refractivity contribution < 1.29 is 8.42 Å². The smallest absolute Gasteiger partial charge is 0.150 e. The molecule has 20 heavy (non-hydrogen) atoms. The standard InChI is InChI=1S/C14H31N3O2S/c1-5-15-13(8-7-11-20(18,19)6-2)14-12-16(3)9-10-17(14)4/h13-15H,5-12H2,1-4H3. The molecule has 0 amide bonds. The van der Waals surface area contributed by atoms with Gasteiger partial charge in [-0.15, -0.1) is 0 Å². The van der Waals surface area contributed by atoms with E-state index in [0.717, 1.165) is 39.0 Å². The molecule has 1 aliphatic rings. The molecule has 1 aliphatic heterocycles. The summed E-state index contributed by atoms with van der Waals surface area (Å²) in [5, 5.41) is 3.54. The van der Waals surface area contributed by atoms with E-state index in [9.17, 15) is 8.42 Å². The zero-order valence-corrected chi connectivity index (χ0v) is 14.2. The summed E-state index contributed by atoms with van der Waals surface area (Å²) in [7, 11) is 1.49. The molecule has 0 aliphatic carbocycles. The van der Waals surface area contributed by atoms with Gasteiger partial charge < -0.3 is 10.2 Å². The summed E-state index contributed by atoms with van der Waals surface area (Å²) in [4.78, 5) is 4.76. The minimum Gasteiger partial charge on any atom is -0.313 e. The fourth-order valence-electron chi connectivity index (χ4n) is 2.84. The third-order valence-corrected chi connectivity index (χ3v) is 6.03. The Balaban J connectivity index is 2.54. The molecule has 1 saturated heterocycles. The van der Waals surface area contributed by atoms with Crippen molar-refractivity contribution in [3.05, 3.63) is 0 Å². The largest absolute Gasteiger partial charge is 0.313 e. The molecule has 1 heterocycles. The van der Waals surface area contributed by atoms with Crippen LogP contribution in [0.5, 0.6) is 0 Å². The molecule has 0 radical (unpaired) electrons. The number of nitrogens with one attached hydrogen (secondary N) is 1. The topological polar surface area (TPSA) is 52.7 Å². The molecule has 2 unspecified atom stereocenters. The molecule has 0 aromatic heterocycles. The Labute approximate surface area is 124 Å². The summed E-state index contributed by atoms with van der Waals surface area (Å²) in [6.45, 7) is 8.00. The van der Waals surface area contributed by atoms with Crippen LogP contribution in [-0.4, -0.2) is 82.1 Å². The number of nitrogens with zero attached hydrogens (tertiary/aromatic N) is 2. The Bertz CT molecular complexity index is 373. The zero-order valence-electron chi connectivity index (χ0n) is 13.4. The molecule has 6 heteroatoms. The van der Waals surface area contributed by atoms with Gasteiger partial charge in [-0.2, -0.15) is 0 Å². The average molecular weight is 305 g/mol. The number of rotatable bonds is 8. The van der Waals surface area contributed by atoms with Gasteiger partial charge in [-0.05, 0) is 33.5 Å². The van der Waals surface area contributed by atoms with Crippen molar-refractivity contribution in [2.24, 2.45) is 0 Å². The number of hydrogen-bond acceptors (Lipinski definition) is 5. The lowest BCUT2D eigenvalue weighted by Gasteiger charge is -2.42. The van der Waals surface area contributed by atoms with E-state index < -0.39 is 9.84 Å². The van der Waals surface area contributed by atoms with Crippen molar-refractivity contribution in [3.63, 3.8) is 0 Å². The third kappa shape index (κ3) is 5.68. The first-order valence-corrected chi connectivity index (χ1v) is 9.54. The van der Waals surface area contributed by atoms with Gasteiger partial charge in [-0.1, -0.05) is 13.8 Å². The van der Waals surface area contributed by atoms with Crippen LogP contribution in [0.1, 0.15) is 26.7 Å². The highest BCUT2D eigenvalue weighted by Gasteiger charge is 2.29. The van der Waals surface area contributed by atoms with Crippen LogP contribution >= 0.6 is 0 Å². The van der Waals surface area contributed by atoms with Gasteiger partial charge in [-0.25, -0.2) is 8.42 Å². The summed E-state index contributed by atoms with van der Waals surface area (Å²) in [5.74, 6) is 0.572. The van der Waals surface area contributed by atoms with Crippen LogP contribution < -0.4 is 5.32 Å². The molecule has 0 aromatic rings. The second-order valence-corrected chi connectivity index (χ2v) is 8.33. The Kier molecular flexibility index (Phi) is 7.43. The van der Waals surface area contributed by atoms with E-state index in [0.29, 0.717) is 17.8 Å². The second-order valence-electron chi connectivity index (χ2n) is 5.85. The Morgan fingerprint density at radius 3 is 2.55 bits per heavy atom. The van der Waals surface area contributed by atoms with Crippen LogP contribution in [-0.2, 0) is 9.84 Å². The molecule has 1 rings (SSSR count). The van der Waals surface area contributed by atoms with Crippen LogP contribution in [0.4, 0.5) is 0 Å². The first kappa shape index (κ1) is 17.9. The van der Waals surface area contributed by atoms with Crippen LogP contribution in [0.15, 0.2) is 0 Å². The van der Waals surface area contributed by atoms with E-state index in [1.54, 1.807) is 6.92 Å². The van der Waals surface area contributed by atoms with E-state index in [-0.39, 0.29) is 5.75 Å². The molecule has 1 fully saturated rings. The van der Waals surface area contributed by atoms with Gasteiger partial charge in [0.05, 0.1) is 5.75 Å². The quantitative estimate of drug-likeness (QED) is 0.705. The molecule has 120 valence electrons. The molecular weight excluding hydrogens is 274 g/mol. The predicted molar refractivity (Wildman–Crippen MR) is 84.9 cm³/mol. The molecule has 1 N–H and O–H groups in total. The van der Waals surface area contributed by atoms with Gasteiger partial charge in [0, 0.05) is 37.5 Å². The van der Waals surface area contributed by atoms with Crippen molar-refractivity contribution in [1.82, 2.24) is 15.1 Å². The van der Waals surface area contributed by atoms with Gasteiger partial charge in [-0.3, -0.25) is 4.90 Å². The van der Waals surface area contributed by atoms with Gasteiger partial charge in [0.1, 0.15) is 9.84 Å². The lowest BCUT2D eigenvalue weighted by molar-refractivity contribution is 0.0855. The molecular formula is C14H31N3O2S. The predicted octanol–water partition coefficient (Wildman–Crippen LogP) is 0.425. The van der Waals surface area contributed by atoms with Crippen LogP contribution in [0.25, 0.3) is 0 Å². The SMILES string of the molecule is CCNC(CCCS(=O)(=O)CC)C1CN(C)CCN1C. The van der Waals surface area contributed by atoms with Gasteiger partial charge in [0.15, 0.2) is 0 Å². The third-order valence-electron chi connectivity index (χ3n) is 4.24. The highest BCUT2D eigenvalue weighted by Crippen LogP contribution is 2.14. The van der Waals surface area contributed by atoms with Crippen molar-refractivity contribution in [1.29, 1.82) is 0 Å². The van der Waals surface area contributed by atoms with E-state index in [2.05, 4.69) is 36.1 Å². The Morgan fingerprint density at radius 1 is 1.25 bits per heavy atom. The van der Waals surface area contributed by atoms with Gasteiger partial charge in [0.2, 0.25) is 0 Å². The second kappa shape index (κ2) is 8.32. The van der Waals surface area contributed by atoms with E-state index in [4.69, 9.17) is 0 Å². The Hall–Kier alpha value is -0.170. The molecule has 0 spiro atoms. The first-order chi connectivity index (χ1) is 9.39. The number of sulfone groups is 1. The monoisotopic (exact) mass is 305 g/mol. The van der Waals surface area contributed by atoms with Crippen molar-refractivity contribution in [2.75, 3.05) is 51.8 Å². The Morgan fingerprint density at radius 2 is 1.95 bits per heavy atom. The molecule has 0 saturated carbocycles. The first-order valence-electron chi connectivity index (χ1n) is 7.72. The highest BCUT2D eigenvalue weighted by molar-refractivity contribution is 7.91. The van der Waals surface area contributed by atoms with Gasteiger partial charge >= 0.3 is 0 Å². The van der Waals surface area contributed by atoms with Gasteiger partial charge in [0.25, 0.3) is 0 Å². The highest BCUT2D eigenvalue weighted by atomic mass is 32.2. The molecule has 0 bridgehead atoms. The number of piperazine rings is 1. The van der Waals surface area contributed by atoms with Crippen molar-refractivity contribution in [2.45, 2.75) is 38.8 Å². The molecule has 2 atom stereocenters. The summed E-state index contributed by atoms with van der Waals surface area (Å²) < 4.78 is 23.2. The normalized spacial score (nSPS) is 23.9. The summed E-state index contributed by atoms with van der Waals surface area (Å²) in [6, 6.07) is 0.845. The maximum absolute atomic E-state index is 11.6. The van der Waals surface area contributed by atoms with Crippen molar-refractivity contribution in [3.8, 4) is 0 Å². The lowest BCUT2D eigenvalue weighted by Crippen LogP contribution is -2.58. The van der Waals surface area contributed by atoms with Crippen molar-refractivity contribution >= 4 is 9.84 Å². The fraction of sp³-hybridized carbons (Fsp3) is 1.00. The maximum Gasteiger partial charge on any atom is 0.150 e. The van der Waals surface area contributed by atoms with Crippen LogP contribution in [0.3, 0.4) is 0 Å². The van der Waals surface area contributed by atoms with E-state index in [1.807, 2.05) is 0 Å². The average Bonchev–Trinajstić information content (AvgIpc) is 2.40. The lowest BCUT2D eigenvalue weighted by atomic mass is 9.99. The fourth-order valence-corrected chi connectivity index (χ4v) is 3.73. The molecule has 5 nitrogen and oxygen atoms in total. The summed E-state index contributed by atoms with van der Waals surface area (Å²) >= 11 is 0. The molecule has 0 aromatic carbocycles. The zero-order chi connectivity index (χ0) is 15.2. The van der Waals surface area contributed by atoms with Crippen LogP contribution in [0, 0.1) is 0 Å². The van der Waals surface area contributed by atoms with E-state index >= 15 is 0 Å². The number of hydrogen-bond donors (Lipinski definition) is 1. The minimum atomic E-state index is -2.84. The minimum absolute atomic E-state index is 0.255. The van der Waals surface area contributed by atoms with E-state index in [1.165, 1.54) is 0 Å². The number of likely N-dealkylation sites (N-methyl/N-ethyl adjacent to an activating group) is 3.